The fourth-order valence-electron chi connectivity index (χ4n) is 3.97. The number of methoxy groups -OCH3 is 1. The quantitative estimate of drug-likeness (QED) is 0.568. The molecule has 1 fully saturated rings. The van der Waals surface area contributed by atoms with Crippen LogP contribution in [0.5, 0.6) is 5.75 Å². The van der Waals surface area contributed by atoms with Crippen molar-refractivity contribution < 1.29 is 13.2 Å². The van der Waals surface area contributed by atoms with Crippen LogP contribution in [-0.2, 0) is 16.4 Å². The Bertz CT molecular complexity index is 1130. The second kappa shape index (κ2) is 9.13. The smallest absolute Gasteiger partial charge is 0.272 e. The minimum atomic E-state index is -3.56. The van der Waals surface area contributed by atoms with Crippen LogP contribution in [0.15, 0.2) is 53.7 Å². The standard InChI is InChI=1S/C21H26N6O3S/c1-30-19-11-10-17(27-21(24-25-26-27)31(2,28)29)13-16(19)14-23-18-9-6-12-22-20(18)15-7-4-3-5-8-15/h3-5,7-8,10-11,13,18,20,22-23H,6,9,12,14H2,1-2H3/t18-,20-/m0/s1. The number of piperidine rings is 1. The molecule has 0 amide bonds. The van der Waals surface area contributed by atoms with Crippen LogP contribution in [0.25, 0.3) is 5.69 Å². The number of tetrazole rings is 1. The first-order valence-electron chi connectivity index (χ1n) is 10.1. The molecule has 0 unspecified atom stereocenters. The monoisotopic (exact) mass is 442 g/mol. The van der Waals surface area contributed by atoms with Crippen molar-refractivity contribution in [2.45, 2.75) is 36.6 Å². The highest BCUT2D eigenvalue weighted by Crippen LogP contribution is 2.26. The molecule has 9 nitrogen and oxygen atoms in total. The molecule has 0 radical (unpaired) electrons. The first-order chi connectivity index (χ1) is 15.0. The predicted octanol–water partition coefficient (Wildman–Crippen LogP) is 1.66. The van der Waals surface area contributed by atoms with Crippen molar-refractivity contribution in [1.29, 1.82) is 0 Å². The highest BCUT2D eigenvalue weighted by atomic mass is 32.2. The van der Waals surface area contributed by atoms with Crippen LogP contribution in [-0.4, -0.2) is 54.6 Å². The first-order valence-corrected chi connectivity index (χ1v) is 12.0. The summed E-state index contributed by atoms with van der Waals surface area (Å²) in [5.74, 6) is 0.713. The first kappa shape index (κ1) is 21.4. The molecule has 10 heteroatoms. The van der Waals surface area contributed by atoms with Gasteiger partial charge in [-0.1, -0.05) is 35.4 Å². The molecule has 2 atom stereocenters. The molecule has 4 rings (SSSR count). The van der Waals surface area contributed by atoms with Gasteiger partial charge in [-0.2, -0.15) is 4.68 Å². The molecule has 0 bridgehead atoms. The van der Waals surface area contributed by atoms with Gasteiger partial charge in [0.1, 0.15) is 5.75 Å². The topological polar surface area (TPSA) is 111 Å². The zero-order valence-corrected chi connectivity index (χ0v) is 18.3. The van der Waals surface area contributed by atoms with E-state index in [-0.39, 0.29) is 17.2 Å². The molecule has 1 aliphatic rings. The second-order valence-electron chi connectivity index (χ2n) is 7.61. The van der Waals surface area contributed by atoms with Crippen LogP contribution in [0.3, 0.4) is 0 Å². The Kier molecular flexibility index (Phi) is 6.30. The molecule has 31 heavy (non-hydrogen) atoms. The number of aromatic nitrogens is 4. The highest BCUT2D eigenvalue weighted by molar-refractivity contribution is 7.90. The second-order valence-corrected chi connectivity index (χ2v) is 9.52. The Morgan fingerprint density at radius 1 is 1.23 bits per heavy atom. The molecule has 1 aromatic heterocycles. The largest absolute Gasteiger partial charge is 0.496 e. The third-order valence-electron chi connectivity index (χ3n) is 5.45. The van der Waals surface area contributed by atoms with E-state index in [0.29, 0.717) is 18.0 Å². The Hall–Kier alpha value is -2.82. The van der Waals surface area contributed by atoms with Gasteiger partial charge in [-0.25, -0.2) is 8.42 Å². The van der Waals surface area contributed by atoms with Gasteiger partial charge in [-0.3, -0.25) is 0 Å². The van der Waals surface area contributed by atoms with Gasteiger partial charge in [0.15, 0.2) is 0 Å². The van der Waals surface area contributed by atoms with Crippen molar-refractivity contribution in [3.8, 4) is 11.4 Å². The summed E-state index contributed by atoms with van der Waals surface area (Å²) in [5, 5.41) is 18.1. The SMILES string of the molecule is COc1ccc(-n2nnnc2S(C)(=O)=O)cc1CN[C@H]1CCCN[C@H]1c1ccccc1. The van der Waals surface area contributed by atoms with E-state index in [0.717, 1.165) is 31.2 Å². The van der Waals surface area contributed by atoms with E-state index in [1.807, 2.05) is 12.1 Å². The van der Waals surface area contributed by atoms with E-state index in [1.54, 1.807) is 19.2 Å². The van der Waals surface area contributed by atoms with E-state index < -0.39 is 9.84 Å². The number of hydrogen-bond donors (Lipinski definition) is 2. The molecule has 164 valence electrons. The highest BCUT2D eigenvalue weighted by Gasteiger charge is 2.26. The van der Waals surface area contributed by atoms with Crippen LogP contribution < -0.4 is 15.4 Å². The third-order valence-corrected chi connectivity index (χ3v) is 6.37. The van der Waals surface area contributed by atoms with Gasteiger partial charge in [0, 0.05) is 30.4 Å². The maximum atomic E-state index is 12.0. The van der Waals surface area contributed by atoms with Crippen molar-refractivity contribution in [1.82, 2.24) is 30.8 Å². The summed E-state index contributed by atoms with van der Waals surface area (Å²) in [6.07, 6.45) is 3.24. The van der Waals surface area contributed by atoms with Gasteiger partial charge in [0.05, 0.1) is 12.8 Å². The molecular weight excluding hydrogens is 416 g/mol. The van der Waals surface area contributed by atoms with Crippen LogP contribution >= 0.6 is 0 Å². The lowest BCUT2D eigenvalue weighted by Gasteiger charge is -2.34. The van der Waals surface area contributed by atoms with Gasteiger partial charge in [0.2, 0.25) is 9.84 Å². The zero-order valence-electron chi connectivity index (χ0n) is 17.5. The Morgan fingerprint density at radius 2 is 2.03 bits per heavy atom. The van der Waals surface area contributed by atoms with Crippen molar-refractivity contribution in [3.63, 3.8) is 0 Å². The van der Waals surface area contributed by atoms with Gasteiger partial charge in [-0.05, 0) is 53.6 Å². The number of nitrogens with zero attached hydrogens (tertiary/aromatic N) is 4. The lowest BCUT2D eigenvalue weighted by atomic mass is 9.92. The number of sulfone groups is 1. The average molecular weight is 443 g/mol. The molecule has 0 saturated carbocycles. The van der Waals surface area contributed by atoms with E-state index in [4.69, 9.17) is 4.74 Å². The average Bonchev–Trinajstić information content (AvgIpc) is 3.29. The molecular formula is C21H26N6O3S. The van der Waals surface area contributed by atoms with Crippen LogP contribution in [0.4, 0.5) is 0 Å². The van der Waals surface area contributed by atoms with Crippen LogP contribution in [0.1, 0.15) is 30.0 Å². The number of rotatable bonds is 7. The van der Waals surface area contributed by atoms with Gasteiger partial charge >= 0.3 is 0 Å². The van der Waals surface area contributed by atoms with E-state index >= 15 is 0 Å². The summed E-state index contributed by atoms with van der Waals surface area (Å²) in [7, 11) is -1.94. The summed E-state index contributed by atoms with van der Waals surface area (Å²) in [4.78, 5) is 0. The lowest BCUT2D eigenvalue weighted by molar-refractivity contribution is 0.303. The van der Waals surface area contributed by atoms with E-state index in [9.17, 15) is 8.42 Å². The lowest BCUT2D eigenvalue weighted by Crippen LogP contribution is -2.45. The van der Waals surface area contributed by atoms with Gasteiger partial charge < -0.3 is 15.4 Å². The molecule has 3 aromatic rings. The number of nitrogens with one attached hydrogen (secondary N) is 2. The molecule has 2 N–H and O–H groups in total. The predicted molar refractivity (Wildman–Crippen MR) is 116 cm³/mol. The minimum Gasteiger partial charge on any atom is -0.496 e. The summed E-state index contributed by atoms with van der Waals surface area (Å²) in [6, 6.07) is 16.3. The molecule has 2 aromatic carbocycles. The van der Waals surface area contributed by atoms with E-state index in [1.165, 1.54) is 10.2 Å². The van der Waals surface area contributed by atoms with E-state index in [2.05, 4.69) is 50.4 Å². The Labute approximate surface area is 181 Å². The maximum absolute atomic E-state index is 12.0. The molecule has 0 aliphatic carbocycles. The molecule has 1 saturated heterocycles. The fourth-order valence-corrected chi connectivity index (χ4v) is 4.61. The number of benzene rings is 2. The normalized spacial score (nSPS) is 19.3. The molecule has 0 spiro atoms. The molecule has 1 aliphatic heterocycles. The van der Waals surface area contributed by atoms with Crippen molar-refractivity contribution in [2.75, 3.05) is 19.9 Å². The maximum Gasteiger partial charge on any atom is 0.272 e. The van der Waals surface area contributed by atoms with Crippen LogP contribution in [0.2, 0.25) is 0 Å². The summed E-state index contributed by atoms with van der Waals surface area (Å²) >= 11 is 0. The zero-order chi connectivity index (χ0) is 21.8. The Morgan fingerprint density at radius 3 is 2.77 bits per heavy atom. The van der Waals surface area contributed by atoms with Crippen molar-refractivity contribution in [3.05, 3.63) is 59.7 Å². The third kappa shape index (κ3) is 4.76. The van der Waals surface area contributed by atoms with Gasteiger partial charge in [0.25, 0.3) is 5.16 Å². The summed E-state index contributed by atoms with van der Waals surface area (Å²) in [5.41, 5.74) is 2.71. The summed E-state index contributed by atoms with van der Waals surface area (Å²) < 4.78 is 30.7. The molecule has 2 heterocycles. The fraction of sp³-hybridized carbons (Fsp3) is 0.381. The Balaban J connectivity index is 1.58. The minimum absolute atomic E-state index is 0.197. The number of hydrogen-bond acceptors (Lipinski definition) is 8. The summed E-state index contributed by atoms with van der Waals surface area (Å²) in [6.45, 7) is 1.55. The van der Waals surface area contributed by atoms with Gasteiger partial charge in [-0.15, -0.1) is 0 Å². The number of ether oxygens (including phenoxy) is 1. The van der Waals surface area contributed by atoms with Crippen LogP contribution in [0, 0.1) is 0 Å². The van der Waals surface area contributed by atoms with Crippen molar-refractivity contribution >= 4 is 9.84 Å². The van der Waals surface area contributed by atoms with Crippen molar-refractivity contribution in [2.24, 2.45) is 0 Å².